The first-order chi connectivity index (χ1) is 14.1. The second-order valence-electron chi connectivity index (χ2n) is 6.90. The highest BCUT2D eigenvalue weighted by atomic mass is 19.4. The average molecular weight is 419 g/mol. The van der Waals surface area contributed by atoms with Crippen LogP contribution in [0.4, 0.5) is 13.2 Å². The van der Waals surface area contributed by atoms with Crippen molar-refractivity contribution in [2.24, 2.45) is 0 Å². The van der Waals surface area contributed by atoms with Gasteiger partial charge >= 0.3 is 12.1 Å². The number of halogens is 3. The minimum Gasteiger partial charge on any atom is -0.491 e. The summed E-state index contributed by atoms with van der Waals surface area (Å²) in [6.07, 6.45) is -3.86. The van der Waals surface area contributed by atoms with Crippen LogP contribution in [0, 0.1) is 13.8 Å². The van der Waals surface area contributed by atoms with Crippen molar-refractivity contribution in [3.8, 4) is 5.75 Å². The van der Waals surface area contributed by atoms with E-state index in [4.69, 9.17) is 4.74 Å². The maximum atomic E-state index is 13.0. The Balaban J connectivity index is 1.96. The number of carbonyl (C=O) groups excluding carboxylic acids is 2. The molecule has 0 unspecified atom stereocenters. The summed E-state index contributed by atoms with van der Waals surface area (Å²) in [5.41, 5.74) is 1.96. The van der Waals surface area contributed by atoms with Gasteiger partial charge in [-0.05, 0) is 43.2 Å². The minimum atomic E-state index is -5.00. The number of aryl methyl sites for hydroxylation is 2. The molecule has 3 rings (SSSR count). The Hall–Kier alpha value is -3.29. The Morgan fingerprint density at radius 2 is 1.80 bits per heavy atom. The number of ketones is 1. The fourth-order valence-corrected chi connectivity index (χ4v) is 3.17. The van der Waals surface area contributed by atoms with Gasteiger partial charge in [-0.3, -0.25) is 4.79 Å². The van der Waals surface area contributed by atoms with Crippen molar-refractivity contribution in [2.45, 2.75) is 26.6 Å². The lowest BCUT2D eigenvalue weighted by atomic mass is 10.1. The fourth-order valence-electron chi connectivity index (χ4n) is 3.17. The van der Waals surface area contributed by atoms with E-state index < -0.39 is 23.5 Å². The van der Waals surface area contributed by atoms with Gasteiger partial charge in [-0.15, -0.1) is 0 Å². The lowest BCUT2D eigenvalue weighted by Gasteiger charge is -2.11. The van der Waals surface area contributed by atoms with Crippen molar-refractivity contribution < 1.29 is 32.2 Å². The van der Waals surface area contributed by atoms with Crippen LogP contribution in [0.5, 0.6) is 5.75 Å². The highest BCUT2D eigenvalue weighted by molar-refractivity contribution is 6.11. The van der Waals surface area contributed by atoms with Gasteiger partial charge in [0.25, 0.3) is 5.78 Å². The molecule has 0 N–H and O–H groups in total. The summed E-state index contributed by atoms with van der Waals surface area (Å²) < 4.78 is 51.0. The summed E-state index contributed by atoms with van der Waals surface area (Å²) in [4.78, 5) is 23.7. The van der Waals surface area contributed by atoms with E-state index in [1.165, 1.54) is 29.9 Å². The monoisotopic (exact) mass is 419 g/mol. The zero-order valence-electron chi connectivity index (χ0n) is 16.7. The molecule has 0 aliphatic rings. The first-order valence-electron chi connectivity index (χ1n) is 9.14. The standard InChI is InChI=1S/C22H20F3NO4/c1-13-4-5-14(2)19(10-13)30-9-8-26-12-17(20(27)22(23,24)25)16-7-6-15(11-18(16)26)21(28)29-3/h4-7,10-12H,8-9H2,1-3H3. The molecule has 0 amide bonds. The Kier molecular flexibility index (Phi) is 5.87. The van der Waals surface area contributed by atoms with Crippen LogP contribution in [0.3, 0.4) is 0 Å². The van der Waals surface area contributed by atoms with Crippen LogP contribution in [0.25, 0.3) is 10.9 Å². The van der Waals surface area contributed by atoms with Gasteiger partial charge in [0.1, 0.15) is 12.4 Å². The molecule has 0 aliphatic heterocycles. The zero-order chi connectivity index (χ0) is 22.1. The maximum Gasteiger partial charge on any atom is 0.454 e. The predicted molar refractivity (Wildman–Crippen MR) is 105 cm³/mol. The summed E-state index contributed by atoms with van der Waals surface area (Å²) in [6.45, 7) is 4.16. The highest BCUT2D eigenvalue weighted by Gasteiger charge is 2.40. The van der Waals surface area contributed by atoms with Gasteiger partial charge in [-0.1, -0.05) is 18.2 Å². The molecule has 0 fully saturated rings. The smallest absolute Gasteiger partial charge is 0.454 e. The van der Waals surface area contributed by atoms with Gasteiger partial charge in [-0.2, -0.15) is 13.2 Å². The van der Waals surface area contributed by atoms with E-state index in [9.17, 15) is 22.8 Å². The van der Waals surface area contributed by atoms with E-state index in [0.717, 1.165) is 17.3 Å². The number of ether oxygens (including phenoxy) is 2. The number of rotatable bonds is 6. The quantitative estimate of drug-likeness (QED) is 0.423. The van der Waals surface area contributed by atoms with E-state index in [0.29, 0.717) is 11.3 Å². The maximum absolute atomic E-state index is 13.0. The first kappa shape index (κ1) is 21.4. The van der Waals surface area contributed by atoms with E-state index in [2.05, 4.69) is 4.74 Å². The van der Waals surface area contributed by atoms with E-state index >= 15 is 0 Å². The molecule has 0 saturated heterocycles. The molecule has 3 aromatic rings. The number of fused-ring (bicyclic) bond motifs is 1. The van der Waals surface area contributed by atoms with Gasteiger partial charge in [0.15, 0.2) is 0 Å². The SMILES string of the molecule is COC(=O)c1ccc2c(C(=O)C(F)(F)F)cn(CCOc3cc(C)ccc3C)c2c1. The van der Waals surface area contributed by atoms with Crippen LogP contribution in [-0.4, -0.2) is 36.2 Å². The number of hydrogen-bond donors (Lipinski definition) is 0. The van der Waals surface area contributed by atoms with Crippen LogP contribution in [0.1, 0.15) is 31.8 Å². The molecule has 0 aliphatic carbocycles. The second kappa shape index (κ2) is 8.22. The average Bonchev–Trinajstić information content (AvgIpc) is 3.06. The lowest BCUT2D eigenvalue weighted by Crippen LogP contribution is -2.22. The molecule has 1 heterocycles. The third-order valence-corrected chi connectivity index (χ3v) is 4.74. The molecule has 158 valence electrons. The summed E-state index contributed by atoms with van der Waals surface area (Å²) >= 11 is 0. The van der Waals surface area contributed by atoms with Crippen molar-refractivity contribution in [2.75, 3.05) is 13.7 Å². The summed E-state index contributed by atoms with van der Waals surface area (Å²) in [5.74, 6) is -1.89. The van der Waals surface area contributed by atoms with Crippen molar-refractivity contribution in [3.63, 3.8) is 0 Å². The van der Waals surface area contributed by atoms with Crippen molar-refractivity contribution in [3.05, 3.63) is 64.8 Å². The predicted octanol–water partition coefficient (Wildman–Crippen LogP) is 4.87. The van der Waals surface area contributed by atoms with Gasteiger partial charge in [-0.25, -0.2) is 4.79 Å². The van der Waals surface area contributed by atoms with Crippen molar-refractivity contribution >= 4 is 22.7 Å². The van der Waals surface area contributed by atoms with Crippen molar-refractivity contribution in [1.29, 1.82) is 0 Å². The Morgan fingerprint density at radius 3 is 2.47 bits per heavy atom. The number of hydrogen-bond acceptors (Lipinski definition) is 4. The molecule has 8 heteroatoms. The molecule has 0 bridgehead atoms. The molecule has 0 saturated carbocycles. The second-order valence-corrected chi connectivity index (χ2v) is 6.90. The number of aromatic nitrogens is 1. The molecule has 30 heavy (non-hydrogen) atoms. The third-order valence-electron chi connectivity index (χ3n) is 4.74. The first-order valence-corrected chi connectivity index (χ1v) is 9.14. The van der Waals surface area contributed by atoms with Crippen LogP contribution in [0.2, 0.25) is 0 Å². The Morgan fingerprint density at radius 1 is 1.07 bits per heavy atom. The normalized spacial score (nSPS) is 11.5. The highest BCUT2D eigenvalue weighted by Crippen LogP contribution is 2.29. The number of nitrogens with zero attached hydrogens (tertiary/aromatic N) is 1. The van der Waals surface area contributed by atoms with Crippen LogP contribution >= 0.6 is 0 Å². The molecule has 1 aromatic heterocycles. The van der Waals surface area contributed by atoms with Gasteiger partial charge in [0.2, 0.25) is 0 Å². The number of esters is 1. The molecule has 0 spiro atoms. The number of benzene rings is 2. The van der Waals surface area contributed by atoms with E-state index in [-0.39, 0.29) is 24.1 Å². The molecule has 2 aromatic carbocycles. The van der Waals surface area contributed by atoms with E-state index in [1.807, 2.05) is 32.0 Å². The Labute approximate surface area is 171 Å². The van der Waals surface area contributed by atoms with Gasteiger partial charge < -0.3 is 14.0 Å². The number of carbonyl (C=O) groups is 2. The summed E-state index contributed by atoms with van der Waals surface area (Å²) in [5, 5.41) is 0.108. The number of methoxy groups -OCH3 is 1. The molecule has 5 nitrogen and oxygen atoms in total. The summed E-state index contributed by atoms with van der Waals surface area (Å²) in [7, 11) is 1.21. The van der Waals surface area contributed by atoms with Gasteiger partial charge in [0.05, 0.1) is 24.8 Å². The lowest BCUT2D eigenvalue weighted by molar-refractivity contribution is -0.0884. The minimum absolute atomic E-state index is 0.108. The van der Waals surface area contributed by atoms with Crippen LogP contribution < -0.4 is 4.74 Å². The molecular formula is C22H20F3NO4. The number of alkyl halides is 3. The largest absolute Gasteiger partial charge is 0.491 e. The van der Waals surface area contributed by atoms with E-state index in [1.54, 1.807) is 0 Å². The molecular weight excluding hydrogens is 399 g/mol. The van der Waals surface area contributed by atoms with Crippen LogP contribution in [-0.2, 0) is 11.3 Å². The van der Waals surface area contributed by atoms with Crippen LogP contribution in [0.15, 0.2) is 42.6 Å². The Bertz CT molecular complexity index is 1120. The van der Waals surface area contributed by atoms with Gasteiger partial charge in [0, 0.05) is 17.1 Å². The molecule has 0 atom stereocenters. The topological polar surface area (TPSA) is 57.5 Å². The summed E-state index contributed by atoms with van der Waals surface area (Å²) in [6, 6.07) is 9.80. The third kappa shape index (κ3) is 4.32. The fraction of sp³-hybridized carbons (Fsp3) is 0.273. The number of Topliss-reactive ketones (excluding diaryl/α,β-unsaturated/α-hetero) is 1. The molecule has 0 radical (unpaired) electrons. The van der Waals surface area contributed by atoms with Crippen molar-refractivity contribution in [1.82, 2.24) is 4.57 Å². The zero-order valence-corrected chi connectivity index (χ0v) is 16.7.